The quantitative estimate of drug-likeness (QED) is 0.695. The van der Waals surface area contributed by atoms with Gasteiger partial charge in [0.15, 0.2) is 5.78 Å². The topological polar surface area (TPSA) is 17.1 Å². The van der Waals surface area contributed by atoms with Crippen molar-refractivity contribution in [3.8, 4) is 0 Å². The van der Waals surface area contributed by atoms with E-state index in [0.29, 0.717) is 10.9 Å². The first-order valence-electron chi connectivity index (χ1n) is 5.02. The lowest BCUT2D eigenvalue weighted by atomic mass is 10.1. The van der Waals surface area contributed by atoms with E-state index in [-0.39, 0.29) is 11.7 Å². The van der Waals surface area contributed by atoms with Crippen LogP contribution in [0.3, 0.4) is 0 Å². The van der Waals surface area contributed by atoms with Crippen LogP contribution in [0.4, 0.5) is 0 Å². The van der Waals surface area contributed by atoms with Crippen LogP contribution in [0.2, 0.25) is 5.02 Å². The second-order valence-corrected chi connectivity index (χ2v) is 4.32. The molecule has 1 aliphatic carbocycles. The van der Waals surface area contributed by atoms with Crippen molar-refractivity contribution in [2.45, 2.75) is 19.8 Å². The minimum atomic E-state index is 0.262. The van der Waals surface area contributed by atoms with Gasteiger partial charge in [-0.05, 0) is 24.5 Å². The molecule has 0 bridgehead atoms. The third-order valence-electron chi connectivity index (χ3n) is 2.89. The number of benzene rings is 1. The minimum absolute atomic E-state index is 0.262. The molecule has 0 saturated heterocycles. The molecule has 1 aliphatic rings. The van der Waals surface area contributed by atoms with E-state index in [1.165, 1.54) is 0 Å². The summed E-state index contributed by atoms with van der Waals surface area (Å²) in [7, 11) is 0. The normalized spacial score (nSPS) is 24.7. The molecule has 2 unspecified atom stereocenters. The lowest BCUT2D eigenvalue weighted by Crippen LogP contribution is -2.02. The molecule has 0 heterocycles. The molecule has 1 aromatic rings. The van der Waals surface area contributed by atoms with Crippen molar-refractivity contribution in [3.05, 3.63) is 34.9 Å². The Balaban J connectivity index is 2.13. The van der Waals surface area contributed by atoms with E-state index >= 15 is 0 Å². The molecule has 1 fully saturated rings. The van der Waals surface area contributed by atoms with Gasteiger partial charge in [-0.2, -0.15) is 0 Å². The molecule has 0 aromatic heterocycles. The zero-order chi connectivity index (χ0) is 10.1. The number of carbonyl (C=O) groups excluding carboxylic acids is 1. The van der Waals surface area contributed by atoms with Gasteiger partial charge in [0.05, 0.1) is 0 Å². The lowest BCUT2D eigenvalue weighted by Gasteiger charge is -1.99. The highest BCUT2D eigenvalue weighted by Crippen LogP contribution is 2.43. The Morgan fingerprint density at radius 3 is 2.93 bits per heavy atom. The summed E-state index contributed by atoms with van der Waals surface area (Å²) in [5, 5.41) is 0.643. The number of ketones is 1. The largest absolute Gasteiger partial charge is 0.294 e. The van der Waals surface area contributed by atoms with Gasteiger partial charge in [0.1, 0.15) is 0 Å². The number of rotatable bonds is 3. The third-order valence-corrected chi connectivity index (χ3v) is 3.13. The molecule has 0 amide bonds. The summed E-state index contributed by atoms with van der Waals surface area (Å²) in [6, 6.07) is 7.23. The number of Topliss-reactive ketones (excluding diaryl/α,β-unsaturated/α-hetero) is 1. The molecule has 1 saturated carbocycles. The highest BCUT2D eigenvalue weighted by molar-refractivity contribution is 6.31. The molecular formula is C12H13ClO. The molecule has 2 atom stereocenters. The van der Waals surface area contributed by atoms with E-state index in [0.717, 1.165) is 18.4 Å². The Kier molecular flexibility index (Phi) is 2.60. The van der Waals surface area contributed by atoms with Crippen molar-refractivity contribution < 1.29 is 4.79 Å². The number of hydrogen-bond acceptors (Lipinski definition) is 1. The predicted octanol–water partition coefficient (Wildman–Crippen LogP) is 3.57. The van der Waals surface area contributed by atoms with Gasteiger partial charge in [-0.1, -0.05) is 37.1 Å². The van der Waals surface area contributed by atoms with Gasteiger partial charge < -0.3 is 0 Å². The molecule has 14 heavy (non-hydrogen) atoms. The monoisotopic (exact) mass is 208 g/mol. The van der Waals surface area contributed by atoms with Crippen LogP contribution in [0, 0.1) is 11.8 Å². The second kappa shape index (κ2) is 3.74. The summed E-state index contributed by atoms with van der Waals surface area (Å²) < 4.78 is 0. The highest BCUT2D eigenvalue weighted by Gasteiger charge is 2.41. The molecule has 0 N–H and O–H groups in total. The fourth-order valence-corrected chi connectivity index (χ4v) is 2.07. The average Bonchev–Trinajstić information content (AvgIpc) is 2.95. The van der Waals surface area contributed by atoms with Gasteiger partial charge in [-0.3, -0.25) is 4.79 Å². The van der Waals surface area contributed by atoms with E-state index in [9.17, 15) is 4.79 Å². The van der Waals surface area contributed by atoms with Gasteiger partial charge in [-0.25, -0.2) is 0 Å². The standard InChI is InChI=1S/C12H13ClO/c1-2-8-7-11(8)12(14)9-4-3-5-10(13)6-9/h3-6,8,11H,2,7H2,1H3. The van der Waals surface area contributed by atoms with Crippen molar-refractivity contribution in [2.75, 3.05) is 0 Å². The van der Waals surface area contributed by atoms with Crippen molar-refractivity contribution in [1.82, 2.24) is 0 Å². The van der Waals surface area contributed by atoms with Crippen molar-refractivity contribution >= 4 is 17.4 Å². The van der Waals surface area contributed by atoms with Crippen LogP contribution in [0.15, 0.2) is 24.3 Å². The average molecular weight is 209 g/mol. The molecule has 2 rings (SSSR count). The maximum absolute atomic E-state index is 11.9. The smallest absolute Gasteiger partial charge is 0.166 e. The van der Waals surface area contributed by atoms with Crippen LogP contribution in [0.25, 0.3) is 0 Å². The van der Waals surface area contributed by atoms with Gasteiger partial charge in [0, 0.05) is 16.5 Å². The summed E-state index contributed by atoms with van der Waals surface area (Å²) in [5.41, 5.74) is 0.762. The van der Waals surface area contributed by atoms with E-state index in [1.807, 2.05) is 12.1 Å². The van der Waals surface area contributed by atoms with Crippen LogP contribution in [-0.2, 0) is 0 Å². The fraction of sp³-hybridized carbons (Fsp3) is 0.417. The van der Waals surface area contributed by atoms with Gasteiger partial charge >= 0.3 is 0 Å². The number of hydrogen-bond donors (Lipinski definition) is 0. The summed E-state index contributed by atoms with van der Waals surface area (Å²) in [4.78, 5) is 11.9. The maximum atomic E-state index is 11.9. The van der Waals surface area contributed by atoms with Crippen molar-refractivity contribution in [2.24, 2.45) is 11.8 Å². The first-order chi connectivity index (χ1) is 6.72. The van der Waals surface area contributed by atoms with E-state index in [2.05, 4.69) is 6.92 Å². The summed E-state index contributed by atoms with van der Waals surface area (Å²) >= 11 is 5.83. The van der Waals surface area contributed by atoms with Crippen LogP contribution in [0.1, 0.15) is 30.1 Å². The van der Waals surface area contributed by atoms with Crippen LogP contribution >= 0.6 is 11.6 Å². The Hall–Kier alpha value is -0.820. The van der Waals surface area contributed by atoms with Gasteiger partial charge in [-0.15, -0.1) is 0 Å². The SMILES string of the molecule is CCC1CC1C(=O)c1cccc(Cl)c1. The molecule has 0 aliphatic heterocycles. The molecule has 2 heteroatoms. The fourth-order valence-electron chi connectivity index (χ4n) is 1.88. The highest BCUT2D eigenvalue weighted by atomic mass is 35.5. The molecule has 1 nitrogen and oxygen atoms in total. The minimum Gasteiger partial charge on any atom is -0.294 e. The predicted molar refractivity (Wildman–Crippen MR) is 57.7 cm³/mol. The third kappa shape index (κ3) is 1.83. The Morgan fingerprint density at radius 1 is 1.57 bits per heavy atom. The van der Waals surface area contributed by atoms with E-state index < -0.39 is 0 Å². The number of halogens is 1. The summed E-state index contributed by atoms with van der Waals surface area (Å²) in [6.45, 7) is 2.13. The molecule has 1 aromatic carbocycles. The van der Waals surface area contributed by atoms with E-state index in [1.54, 1.807) is 12.1 Å². The van der Waals surface area contributed by atoms with Crippen LogP contribution in [0.5, 0.6) is 0 Å². The van der Waals surface area contributed by atoms with Gasteiger partial charge in [0.25, 0.3) is 0 Å². The zero-order valence-corrected chi connectivity index (χ0v) is 8.92. The Bertz CT molecular complexity index is 359. The first-order valence-corrected chi connectivity index (χ1v) is 5.40. The second-order valence-electron chi connectivity index (χ2n) is 3.89. The lowest BCUT2D eigenvalue weighted by molar-refractivity contribution is 0.0961. The maximum Gasteiger partial charge on any atom is 0.166 e. The molecular weight excluding hydrogens is 196 g/mol. The van der Waals surface area contributed by atoms with Crippen LogP contribution in [-0.4, -0.2) is 5.78 Å². The molecule has 0 spiro atoms. The van der Waals surface area contributed by atoms with Gasteiger partial charge in [0.2, 0.25) is 0 Å². The summed E-state index contributed by atoms with van der Waals surface area (Å²) in [5.74, 6) is 1.14. The summed E-state index contributed by atoms with van der Waals surface area (Å²) in [6.07, 6.45) is 2.17. The van der Waals surface area contributed by atoms with Crippen molar-refractivity contribution in [3.63, 3.8) is 0 Å². The zero-order valence-electron chi connectivity index (χ0n) is 8.16. The van der Waals surface area contributed by atoms with Crippen molar-refractivity contribution in [1.29, 1.82) is 0 Å². The molecule has 74 valence electrons. The van der Waals surface area contributed by atoms with Crippen LogP contribution < -0.4 is 0 Å². The Labute approximate surface area is 89.1 Å². The first kappa shape index (κ1) is 9.72. The van der Waals surface area contributed by atoms with E-state index in [4.69, 9.17) is 11.6 Å². The Morgan fingerprint density at radius 2 is 2.36 bits per heavy atom. The number of carbonyl (C=O) groups is 1. The molecule has 0 radical (unpaired) electrons.